The average molecular weight is 220 g/mol. The summed E-state index contributed by atoms with van der Waals surface area (Å²) in [6, 6.07) is 0. The minimum Gasteiger partial charge on any atom is -0.481 e. The van der Waals surface area contributed by atoms with Crippen LogP contribution in [0.2, 0.25) is 5.15 Å². The second-order valence-corrected chi connectivity index (χ2v) is 4.46. The van der Waals surface area contributed by atoms with E-state index in [4.69, 9.17) is 16.7 Å². The standard InChI is InChI=1S/C8H10ClNO2S/c1-4(2)8-10-7(9)5(13-8)3-6(11)12/h4H,3H2,1-2H3,(H,11,12). The molecule has 0 fully saturated rings. The van der Waals surface area contributed by atoms with Crippen LogP contribution < -0.4 is 0 Å². The smallest absolute Gasteiger partial charge is 0.308 e. The Bertz CT molecular complexity index is 322. The van der Waals surface area contributed by atoms with Crippen molar-refractivity contribution in [2.45, 2.75) is 26.2 Å². The second-order valence-electron chi connectivity index (χ2n) is 2.99. The molecule has 1 N–H and O–H groups in total. The van der Waals surface area contributed by atoms with Gasteiger partial charge in [-0.15, -0.1) is 11.3 Å². The van der Waals surface area contributed by atoms with E-state index in [1.165, 1.54) is 11.3 Å². The number of carboxylic acids is 1. The van der Waals surface area contributed by atoms with Crippen molar-refractivity contribution in [3.8, 4) is 0 Å². The lowest BCUT2D eigenvalue weighted by Crippen LogP contribution is -1.97. The van der Waals surface area contributed by atoms with Gasteiger partial charge >= 0.3 is 5.97 Å². The number of carboxylic acid groups (broad SMARTS) is 1. The number of hydrogen-bond acceptors (Lipinski definition) is 3. The van der Waals surface area contributed by atoms with Crippen molar-refractivity contribution in [3.05, 3.63) is 15.0 Å². The first-order valence-corrected chi connectivity index (χ1v) is 5.07. The minimum absolute atomic E-state index is 0.0385. The van der Waals surface area contributed by atoms with Gasteiger partial charge in [0.15, 0.2) is 0 Å². The van der Waals surface area contributed by atoms with Gasteiger partial charge in [-0.25, -0.2) is 4.98 Å². The first kappa shape index (κ1) is 10.5. The number of carbonyl (C=O) groups is 1. The highest BCUT2D eigenvalue weighted by atomic mass is 35.5. The van der Waals surface area contributed by atoms with Crippen LogP contribution in [0.4, 0.5) is 0 Å². The van der Waals surface area contributed by atoms with Gasteiger partial charge in [-0.1, -0.05) is 25.4 Å². The molecule has 72 valence electrons. The lowest BCUT2D eigenvalue weighted by atomic mass is 10.2. The van der Waals surface area contributed by atoms with Gasteiger partial charge < -0.3 is 5.11 Å². The predicted octanol–water partition coefficient (Wildman–Crippen LogP) is 2.55. The maximum atomic E-state index is 10.4. The zero-order valence-electron chi connectivity index (χ0n) is 7.37. The molecule has 0 aliphatic heterocycles. The number of aliphatic carboxylic acids is 1. The Morgan fingerprint density at radius 3 is 2.69 bits per heavy atom. The van der Waals surface area contributed by atoms with Gasteiger partial charge in [0.05, 0.1) is 16.3 Å². The van der Waals surface area contributed by atoms with Crippen molar-refractivity contribution in [1.29, 1.82) is 0 Å². The third-order valence-electron chi connectivity index (χ3n) is 1.47. The van der Waals surface area contributed by atoms with Gasteiger partial charge in [-0.05, 0) is 0 Å². The molecule has 0 aliphatic carbocycles. The number of rotatable bonds is 3. The molecule has 5 heteroatoms. The van der Waals surface area contributed by atoms with E-state index in [0.717, 1.165) is 5.01 Å². The SMILES string of the molecule is CC(C)c1nc(Cl)c(CC(=O)O)s1. The largest absolute Gasteiger partial charge is 0.481 e. The summed E-state index contributed by atoms with van der Waals surface area (Å²) >= 11 is 7.14. The summed E-state index contributed by atoms with van der Waals surface area (Å²) in [6.07, 6.45) is -0.0385. The summed E-state index contributed by atoms with van der Waals surface area (Å²) in [5, 5.41) is 9.78. The number of aromatic nitrogens is 1. The van der Waals surface area contributed by atoms with Gasteiger partial charge in [-0.3, -0.25) is 4.79 Å². The van der Waals surface area contributed by atoms with Gasteiger partial charge in [0, 0.05) is 5.92 Å². The highest BCUT2D eigenvalue weighted by molar-refractivity contribution is 7.12. The van der Waals surface area contributed by atoms with E-state index in [2.05, 4.69) is 4.98 Å². The third-order valence-corrected chi connectivity index (χ3v) is 3.25. The van der Waals surface area contributed by atoms with Gasteiger partial charge in [0.2, 0.25) is 0 Å². The van der Waals surface area contributed by atoms with Crippen LogP contribution in [0.15, 0.2) is 0 Å². The minimum atomic E-state index is -0.874. The second kappa shape index (κ2) is 4.07. The van der Waals surface area contributed by atoms with Crippen molar-refractivity contribution in [1.82, 2.24) is 4.98 Å². The zero-order valence-corrected chi connectivity index (χ0v) is 8.95. The van der Waals surface area contributed by atoms with Crippen LogP contribution in [0.5, 0.6) is 0 Å². The van der Waals surface area contributed by atoms with Crippen LogP contribution in [0.25, 0.3) is 0 Å². The van der Waals surface area contributed by atoms with Crippen molar-refractivity contribution in [3.63, 3.8) is 0 Å². The maximum Gasteiger partial charge on any atom is 0.308 e. The Balaban J connectivity index is 2.89. The molecule has 0 bridgehead atoms. The molecule has 0 amide bonds. The van der Waals surface area contributed by atoms with Gasteiger partial charge in [-0.2, -0.15) is 0 Å². The molecule has 0 aliphatic rings. The molecule has 1 aromatic heterocycles. The summed E-state index contributed by atoms with van der Waals surface area (Å²) in [6.45, 7) is 4.00. The third kappa shape index (κ3) is 2.67. The molecule has 0 spiro atoms. The molecule has 1 heterocycles. The van der Waals surface area contributed by atoms with E-state index in [-0.39, 0.29) is 6.42 Å². The molecular weight excluding hydrogens is 210 g/mol. The van der Waals surface area contributed by atoms with Gasteiger partial charge in [0.1, 0.15) is 5.15 Å². The number of nitrogens with zero attached hydrogens (tertiary/aromatic N) is 1. The lowest BCUT2D eigenvalue weighted by Gasteiger charge is -1.94. The molecule has 0 atom stereocenters. The summed E-state index contributed by atoms with van der Waals surface area (Å²) < 4.78 is 0. The van der Waals surface area contributed by atoms with Crippen LogP contribution in [-0.4, -0.2) is 16.1 Å². The van der Waals surface area contributed by atoms with Crippen LogP contribution >= 0.6 is 22.9 Å². The molecule has 1 rings (SSSR count). The van der Waals surface area contributed by atoms with Gasteiger partial charge in [0.25, 0.3) is 0 Å². The highest BCUT2D eigenvalue weighted by Crippen LogP contribution is 2.28. The summed E-state index contributed by atoms with van der Waals surface area (Å²) in [7, 11) is 0. The fourth-order valence-electron chi connectivity index (χ4n) is 0.844. The van der Waals surface area contributed by atoms with E-state index in [1.807, 2.05) is 13.8 Å². The fraction of sp³-hybridized carbons (Fsp3) is 0.500. The molecule has 0 radical (unpaired) electrons. The van der Waals surface area contributed by atoms with E-state index in [1.54, 1.807) is 0 Å². The number of thiazole rings is 1. The molecule has 0 saturated carbocycles. The average Bonchev–Trinajstić information content (AvgIpc) is 2.31. The molecule has 1 aromatic rings. The molecule has 0 unspecified atom stereocenters. The maximum absolute atomic E-state index is 10.4. The summed E-state index contributed by atoms with van der Waals surface area (Å²) in [5.41, 5.74) is 0. The Morgan fingerprint density at radius 1 is 1.69 bits per heavy atom. The van der Waals surface area contributed by atoms with E-state index >= 15 is 0 Å². The van der Waals surface area contributed by atoms with E-state index in [0.29, 0.717) is 15.9 Å². The first-order valence-electron chi connectivity index (χ1n) is 3.87. The topological polar surface area (TPSA) is 50.2 Å². The molecular formula is C8H10ClNO2S. The van der Waals surface area contributed by atoms with Crippen LogP contribution in [0.3, 0.4) is 0 Å². The van der Waals surface area contributed by atoms with Crippen LogP contribution in [-0.2, 0) is 11.2 Å². The Labute approximate surface area is 85.4 Å². The fourth-order valence-corrected chi connectivity index (χ4v) is 2.12. The summed E-state index contributed by atoms with van der Waals surface area (Å²) in [5.74, 6) is -0.578. The number of hydrogen-bond donors (Lipinski definition) is 1. The van der Waals surface area contributed by atoms with Crippen molar-refractivity contribution in [2.24, 2.45) is 0 Å². The Morgan fingerprint density at radius 2 is 2.31 bits per heavy atom. The highest BCUT2D eigenvalue weighted by Gasteiger charge is 2.13. The molecule has 13 heavy (non-hydrogen) atoms. The van der Waals surface area contributed by atoms with Crippen LogP contribution in [0, 0.1) is 0 Å². The Kier molecular flexibility index (Phi) is 3.27. The molecule has 3 nitrogen and oxygen atoms in total. The summed E-state index contributed by atoms with van der Waals surface area (Å²) in [4.78, 5) is 15.1. The lowest BCUT2D eigenvalue weighted by molar-refractivity contribution is -0.136. The predicted molar refractivity (Wildman–Crippen MR) is 52.6 cm³/mol. The quantitative estimate of drug-likeness (QED) is 0.850. The van der Waals surface area contributed by atoms with Crippen LogP contribution in [0.1, 0.15) is 29.7 Å². The molecule has 0 saturated heterocycles. The Hall–Kier alpha value is -0.610. The first-order chi connectivity index (χ1) is 6.00. The van der Waals surface area contributed by atoms with Crippen molar-refractivity contribution in [2.75, 3.05) is 0 Å². The monoisotopic (exact) mass is 219 g/mol. The normalized spacial score (nSPS) is 10.8. The molecule has 0 aromatic carbocycles. The zero-order chi connectivity index (χ0) is 10.0. The van der Waals surface area contributed by atoms with Crippen molar-refractivity contribution >= 4 is 28.9 Å². The van der Waals surface area contributed by atoms with E-state index in [9.17, 15) is 4.79 Å². The van der Waals surface area contributed by atoms with Crippen molar-refractivity contribution < 1.29 is 9.90 Å². The number of halogens is 1. The van der Waals surface area contributed by atoms with E-state index < -0.39 is 5.97 Å².